The smallest absolute Gasteiger partial charge is 0.254 e. The van der Waals surface area contributed by atoms with Crippen LogP contribution in [0.15, 0.2) is 0 Å². The van der Waals surface area contributed by atoms with Crippen LogP contribution in [-0.4, -0.2) is 28.5 Å². The minimum atomic E-state index is -0.614. The summed E-state index contributed by atoms with van der Waals surface area (Å²) in [6.07, 6.45) is 7.38. The highest BCUT2D eigenvalue weighted by molar-refractivity contribution is 5.86. The third kappa shape index (κ3) is 2.63. The van der Waals surface area contributed by atoms with Crippen LogP contribution in [-0.2, 0) is 4.79 Å². The number of nitrogens with zero attached hydrogens (tertiary/aromatic N) is 1. The molecule has 0 spiro atoms. The minimum absolute atomic E-state index is 0.0237. The van der Waals surface area contributed by atoms with Crippen molar-refractivity contribution in [3.63, 3.8) is 0 Å². The standard InChI is InChI=1S/C13H25N3O/c1-10-6-5-7-11(2)16(10)15-12(17)13(14)8-3-4-9-13/h10-11H,3-9,14H2,1-2H3,(H,15,17). The van der Waals surface area contributed by atoms with Gasteiger partial charge in [-0.15, -0.1) is 0 Å². The Labute approximate surface area is 104 Å². The predicted molar refractivity (Wildman–Crippen MR) is 68.1 cm³/mol. The maximum atomic E-state index is 12.2. The molecule has 0 bridgehead atoms. The Balaban J connectivity index is 1.97. The molecule has 1 aliphatic carbocycles. The summed E-state index contributed by atoms with van der Waals surface area (Å²) in [4.78, 5) is 12.2. The van der Waals surface area contributed by atoms with E-state index in [0.717, 1.165) is 38.5 Å². The van der Waals surface area contributed by atoms with Crippen molar-refractivity contribution >= 4 is 5.91 Å². The van der Waals surface area contributed by atoms with Crippen LogP contribution in [0.1, 0.15) is 58.8 Å². The first-order chi connectivity index (χ1) is 8.03. The van der Waals surface area contributed by atoms with Crippen molar-refractivity contribution in [1.29, 1.82) is 0 Å². The zero-order valence-electron chi connectivity index (χ0n) is 11.0. The first kappa shape index (κ1) is 12.8. The Morgan fingerprint density at radius 3 is 2.24 bits per heavy atom. The van der Waals surface area contributed by atoms with E-state index in [1.165, 1.54) is 6.42 Å². The number of nitrogens with two attached hydrogens (primary N) is 1. The number of hydrazine groups is 1. The van der Waals surface area contributed by atoms with Gasteiger partial charge < -0.3 is 5.73 Å². The highest BCUT2D eigenvalue weighted by atomic mass is 16.2. The van der Waals surface area contributed by atoms with Crippen LogP contribution in [0.25, 0.3) is 0 Å². The highest BCUT2D eigenvalue weighted by Gasteiger charge is 2.39. The first-order valence-corrected chi connectivity index (χ1v) is 6.91. The molecular weight excluding hydrogens is 214 g/mol. The largest absolute Gasteiger partial charge is 0.317 e. The molecular formula is C13H25N3O. The summed E-state index contributed by atoms with van der Waals surface area (Å²) >= 11 is 0. The number of rotatable bonds is 2. The summed E-state index contributed by atoms with van der Waals surface area (Å²) < 4.78 is 0. The second-order valence-corrected chi connectivity index (χ2v) is 5.84. The maximum Gasteiger partial charge on any atom is 0.254 e. The van der Waals surface area contributed by atoms with Gasteiger partial charge in [-0.1, -0.05) is 19.3 Å². The first-order valence-electron chi connectivity index (χ1n) is 6.91. The third-order valence-corrected chi connectivity index (χ3v) is 4.37. The van der Waals surface area contributed by atoms with Crippen molar-refractivity contribution in [3.8, 4) is 0 Å². The molecule has 1 aliphatic heterocycles. The van der Waals surface area contributed by atoms with Crippen molar-refractivity contribution in [3.05, 3.63) is 0 Å². The second kappa shape index (κ2) is 4.94. The highest BCUT2D eigenvalue weighted by Crippen LogP contribution is 2.28. The number of hydrogen-bond acceptors (Lipinski definition) is 3. The fraction of sp³-hybridized carbons (Fsp3) is 0.923. The minimum Gasteiger partial charge on any atom is -0.317 e. The van der Waals surface area contributed by atoms with E-state index in [1.807, 2.05) is 0 Å². The normalized spacial score (nSPS) is 33.6. The molecule has 17 heavy (non-hydrogen) atoms. The number of piperidine rings is 1. The van der Waals surface area contributed by atoms with E-state index >= 15 is 0 Å². The van der Waals surface area contributed by atoms with E-state index < -0.39 is 5.54 Å². The lowest BCUT2D eigenvalue weighted by molar-refractivity contribution is -0.134. The zero-order valence-corrected chi connectivity index (χ0v) is 11.0. The van der Waals surface area contributed by atoms with Crippen LogP contribution in [0, 0.1) is 0 Å². The molecule has 1 amide bonds. The lowest BCUT2D eigenvalue weighted by atomic mass is 9.97. The van der Waals surface area contributed by atoms with E-state index in [4.69, 9.17) is 5.73 Å². The molecule has 2 fully saturated rings. The second-order valence-electron chi connectivity index (χ2n) is 5.84. The summed E-state index contributed by atoms with van der Waals surface area (Å²) in [6.45, 7) is 4.35. The molecule has 1 saturated carbocycles. The molecule has 1 saturated heterocycles. The molecule has 98 valence electrons. The van der Waals surface area contributed by atoms with Gasteiger partial charge in [0.05, 0.1) is 5.54 Å². The van der Waals surface area contributed by atoms with Crippen molar-refractivity contribution in [2.24, 2.45) is 5.73 Å². The summed E-state index contributed by atoms with van der Waals surface area (Å²) in [5.41, 5.74) is 8.63. The van der Waals surface area contributed by atoms with Crippen molar-refractivity contribution in [1.82, 2.24) is 10.4 Å². The number of amides is 1. The number of nitrogens with one attached hydrogen (secondary N) is 1. The van der Waals surface area contributed by atoms with Gasteiger partial charge >= 0.3 is 0 Å². The molecule has 4 nitrogen and oxygen atoms in total. The summed E-state index contributed by atoms with van der Waals surface area (Å²) in [6, 6.07) is 0.848. The maximum absolute atomic E-state index is 12.2. The van der Waals surface area contributed by atoms with Gasteiger partial charge in [0, 0.05) is 12.1 Å². The van der Waals surface area contributed by atoms with Gasteiger partial charge in [-0.2, -0.15) is 0 Å². The van der Waals surface area contributed by atoms with E-state index in [1.54, 1.807) is 0 Å². The molecule has 0 radical (unpaired) electrons. The molecule has 2 rings (SSSR count). The quantitative estimate of drug-likeness (QED) is 0.768. The SMILES string of the molecule is CC1CCCC(C)N1NC(=O)C1(N)CCCC1. The average molecular weight is 239 g/mol. The van der Waals surface area contributed by atoms with Gasteiger partial charge in [0.15, 0.2) is 0 Å². The summed E-state index contributed by atoms with van der Waals surface area (Å²) in [5.74, 6) is 0.0237. The Bertz CT molecular complexity index is 276. The Kier molecular flexibility index (Phi) is 3.73. The fourth-order valence-corrected chi connectivity index (χ4v) is 3.10. The molecule has 2 unspecified atom stereocenters. The fourth-order valence-electron chi connectivity index (χ4n) is 3.10. The van der Waals surface area contributed by atoms with Crippen molar-refractivity contribution < 1.29 is 4.79 Å². The molecule has 0 aromatic heterocycles. The van der Waals surface area contributed by atoms with Crippen molar-refractivity contribution in [2.75, 3.05) is 0 Å². The molecule has 4 heteroatoms. The lowest BCUT2D eigenvalue weighted by Gasteiger charge is -2.40. The zero-order chi connectivity index (χ0) is 12.5. The van der Waals surface area contributed by atoms with Gasteiger partial charge in [-0.05, 0) is 39.5 Å². The van der Waals surface area contributed by atoms with E-state index in [9.17, 15) is 4.79 Å². The van der Waals surface area contributed by atoms with Crippen LogP contribution in [0.3, 0.4) is 0 Å². The van der Waals surface area contributed by atoms with Crippen LogP contribution in [0.5, 0.6) is 0 Å². The molecule has 2 aliphatic rings. The topological polar surface area (TPSA) is 58.4 Å². The van der Waals surface area contributed by atoms with Crippen LogP contribution in [0.4, 0.5) is 0 Å². The molecule has 0 aromatic carbocycles. The van der Waals surface area contributed by atoms with Crippen LogP contribution < -0.4 is 11.2 Å². The van der Waals surface area contributed by atoms with Gasteiger partial charge in [0.1, 0.15) is 0 Å². The Morgan fingerprint density at radius 2 is 1.71 bits per heavy atom. The van der Waals surface area contributed by atoms with E-state index in [2.05, 4.69) is 24.3 Å². The average Bonchev–Trinajstić information content (AvgIpc) is 2.72. The summed E-state index contributed by atoms with van der Waals surface area (Å²) in [5, 5.41) is 2.11. The number of hydrogen-bond donors (Lipinski definition) is 2. The number of carbonyl (C=O) groups excluding carboxylic acids is 1. The van der Waals surface area contributed by atoms with Crippen molar-refractivity contribution in [2.45, 2.75) is 76.4 Å². The summed E-state index contributed by atoms with van der Waals surface area (Å²) in [7, 11) is 0. The molecule has 0 aromatic rings. The van der Waals surface area contributed by atoms with E-state index in [-0.39, 0.29) is 5.91 Å². The van der Waals surface area contributed by atoms with E-state index in [0.29, 0.717) is 12.1 Å². The van der Waals surface area contributed by atoms with Gasteiger partial charge in [0.2, 0.25) is 0 Å². The Morgan fingerprint density at radius 1 is 1.18 bits per heavy atom. The molecule has 2 atom stereocenters. The van der Waals surface area contributed by atoms with Crippen LogP contribution >= 0.6 is 0 Å². The lowest BCUT2D eigenvalue weighted by Crippen LogP contribution is -2.61. The van der Waals surface area contributed by atoms with Gasteiger partial charge in [0.25, 0.3) is 5.91 Å². The van der Waals surface area contributed by atoms with Crippen LogP contribution in [0.2, 0.25) is 0 Å². The number of carbonyl (C=O) groups is 1. The predicted octanol–water partition coefficient (Wildman–Crippen LogP) is 1.55. The Hall–Kier alpha value is -0.610. The van der Waals surface area contributed by atoms with Gasteiger partial charge in [-0.25, -0.2) is 5.01 Å². The molecule has 3 N–H and O–H groups in total. The monoisotopic (exact) mass is 239 g/mol. The third-order valence-electron chi connectivity index (χ3n) is 4.37. The molecule has 1 heterocycles. The van der Waals surface area contributed by atoms with Gasteiger partial charge in [-0.3, -0.25) is 10.2 Å².